The van der Waals surface area contributed by atoms with Gasteiger partial charge in [0.05, 0.1) is 6.10 Å². The smallest absolute Gasteiger partial charge is 0.245 e. The van der Waals surface area contributed by atoms with Crippen molar-refractivity contribution in [3.63, 3.8) is 0 Å². The summed E-state index contributed by atoms with van der Waals surface area (Å²) in [5, 5.41) is 9.58. The zero-order valence-electron chi connectivity index (χ0n) is 10.4. The van der Waals surface area contributed by atoms with E-state index in [9.17, 15) is 22.3 Å². The Morgan fingerprint density at radius 2 is 2.05 bits per heavy atom. The average Bonchev–Trinajstić information content (AvgIpc) is 2.32. The summed E-state index contributed by atoms with van der Waals surface area (Å²) in [6.45, 7) is 1.98. The lowest BCUT2D eigenvalue weighted by atomic mass is 9.99. The van der Waals surface area contributed by atoms with Crippen LogP contribution in [0.25, 0.3) is 0 Å². The fourth-order valence-electron chi connectivity index (χ4n) is 2.14. The molecule has 1 N–H and O–H groups in total. The first kappa shape index (κ1) is 14.4. The molecule has 0 bridgehead atoms. The Kier molecular flexibility index (Phi) is 3.89. The van der Waals surface area contributed by atoms with Crippen molar-refractivity contribution in [2.45, 2.75) is 24.3 Å². The van der Waals surface area contributed by atoms with Crippen molar-refractivity contribution in [3.8, 4) is 0 Å². The molecule has 7 heteroatoms. The number of hydrogen-bond acceptors (Lipinski definition) is 3. The second-order valence-corrected chi connectivity index (χ2v) is 6.68. The van der Waals surface area contributed by atoms with Crippen LogP contribution in [0.5, 0.6) is 0 Å². The predicted molar refractivity (Wildman–Crippen MR) is 64.9 cm³/mol. The van der Waals surface area contributed by atoms with Gasteiger partial charge in [-0.25, -0.2) is 17.2 Å². The van der Waals surface area contributed by atoms with Gasteiger partial charge in [0, 0.05) is 19.2 Å². The van der Waals surface area contributed by atoms with Crippen LogP contribution in [-0.4, -0.2) is 37.0 Å². The zero-order chi connectivity index (χ0) is 14.2. The Balaban J connectivity index is 2.32. The van der Waals surface area contributed by atoms with E-state index < -0.39 is 32.7 Å². The van der Waals surface area contributed by atoms with Gasteiger partial charge in [-0.15, -0.1) is 0 Å². The molecule has 1 aromatic carbocycles. The molecule has 2 unspecified atom stereocenters. The van der Waals surface area contributed by atoms with E-state index in [0.29, 0.717) is 12.5 Å². The molecule has 0 amide bonds. The zero-order valence-corrected chi connectivity index (χ0v) is 11.2. The van der Waals surface area contributed by atoms with E-state index in [0.717, 1.165) is 16.4 Å². The highest BCUT2D eigenvalue weighted by Gasteiger charge is 2.34. The molecule has 19 heavy (non-hydrogen) atoms. The largest absolute Gasteiger partial charge is 0.393 e. The Bertz CT molecular complexity index is 576. The minimum Gasteiger partial charge on any atom is -0.393 e. The van der Waals surface area contributed by atoms with Crippen LogP contribution in [0.3, 0.4) is 0 Å². The van der Waals surface area contributed by atoms with Crippen LogP contribution < -0.4 is 0 Å². The number of nitrogens with zero attached hydrogens (tertiary/aromatic N) is 1. The molecule has 2 rings (SSSR count). The number of rotatable bonds is 2. The van der Waals surface area contributed by atoms with Gasteiger partial charge < -0.3 is 5.11 Å². The first-order valence-corrected chi connectivity index (χ1v) is 7.39. The summed E-state index contributed by atoms with van der Waals surface area (Å²) in [5.41, 5.74) is 0. The first-order chi connectivity index (χ1) is 8.82. The SMILES string of the molecule is CC1CN(S(=O)(=O)c2ccc(F)cc2F)CCC1O. The van der Waals surface area contributed by atoms with Crippen molar-refractivity contribution in [2.75, 3.05) is 13.1 Å². The second kappa shape index (κ2) is 5.15. The molecular weight excluding hydrogens is 276 g/mol. The third kappa shape index (κ3) is 2.77. The molecule has 2 atom stereocenters. The van der Waals surface area contributed by atoms with Crippen LogP contribution in [0.4, 0.5) is 8.78 Å². The molecule has 1 aromatic rings. The molecule has 1 fully saturated rings. The number of aliphatic hydroxyl groups is 1. The molecule has 0 aliphatic carbocycles. The summed E-state index contributed by atoms with van der Waals surface area (Å²) >= 11 is 0. The second-order valence-electron chi connectivity index (χ2n) is 4.77. The number of aliphatic hydroxyl groups excluding tert-OH is 1. The molecule has 1 heterocycles. The summed E-state index contributed by atoms with van der Waals surface area (Å²) in [7, 11) is -3.99. The third-order valence-corrected chi connectivity index (χ3v) is 5.23. The molecule has 0 aromatic heterocycles. The van der Waals surface area contributed by atoms with Gasteiger partial charge in [0.2, 0.25) is 10.0 Å². The van der Waals surface area contributed by atoms with Crippen LogP contribution in [0.1, 0.15) is 13.3 Å². The monoisotopic (exact) mass is 291 g/mol. The lowest BCUT2D eigenvalue weighted by Crippen LogP contribution is -2.45. The molecule has 0 saturated carbocycles. The summed E-state index contributed by atoms with van der Waals surface area (Å²) in [6.07, 6.45) is -0.243. The molecule has 106 valence electrons. The van der Waals surface area contributed by atoms with Gasteiger partial charge in [0.15, 0.2) is 0 Å². The maximum atomic E-state index is 13.6. The number of piperidine rings is 1. The molecule has 0 radical (unpaired) electrons. The van der Waals surface area contributed by atoms with E-state index in [1.807, 2.05) is 0 Å². The van der Waals surface area contributed by atoms with E-state index in [2.05, 4.69) is 0 Å². The van der Waals surface area contributed by atoms with E-state index in [-0.39, 0.29) is 19.0 Å². The van der Waals surface area contributed by atoms with E-state index >= 15 is 0 Å². The summed E-state index contributed by atoms with van der Waals surface area (Å²) in [4.78, 5) is -0.530. The van der Waals surface area contributed by atoms with Crippen LogP contribution in [-0.2, 0) is 10.0 Å². The Morgan fingerprint density at radius 1 is 1.37 bits per heavy atom. The number of benzene rings is 1. The van der Waals surface area contributed by atoms with Gasteiger partial charge in [-0.2, -0.15) is 4.31 Å². The summed E-state index contributed by atoms with van der Waals surface area (Å²) < 4.78 is 52.0. The Labute approximate surface area is 110 Å². The number of halogens is 2. The van der Waals surface area contributed by atoms with Gasteiger partial charge in [0.1, 0.15) is 16.5 Å². The standard InChI is InChI=1S/C12H15F2NO3S/c1-8-7-15(5-4-11(8)16)19(17,18)12-3-2-9(13)6-10(12)14/h2-3,6,8,11,16H,4-5,7H2,1H3. The minimum absolute atomic E-state index is 0.125. The van der Waals surface area contributed by atoms with E-state index in [1.54, 1.807) is 6.92 Å². The van der Waals surface area contributed by atoms with Crippen molar-refractivity contribution < 1.29 is 22.3 Å². The van der Waals surface area contributed by atoms with Gasteiger partial charge >= 0.3 is 0 Å². The summed E-state index contributed by atoms with van der Waals surface area (Å²) in [6, 6.07) is 2.39. The quantitative estimate of drug-likeness (QED) is 0.895. The van der Waals surface area contributed by atoms with Crippen LogP contribution >= 0.6 is 0 Å². The first-order valence-electron chi connectivity index (χ1n) is 5.95. The Morgan fingerprint density at radius 3 is 2.63 bits per heavy atom. The summed E-state index contributed by atoms with van der Waals surface area (Å²) in [5.74, 6) is -2.13. The van der Waals surface area contributed by atoms with Crippen molar-refractivity contribution in [3.05, 3.63) is 29.8 Å². The van der Waals surface area contributed by atoms with Crippen molar-refractivity contribution in [2.24, 2.45) is 5.92 Å². The van der Waals surface area contributed by atoms with Gasteiger partial charge in [-0.1, -0.05) is 6.92 Å². The lowest BCUT2D eigenvalue weighted by molar-refractivity contribution is 0.0628. The average molecular weight is 291 g/mol. The highest BCUT2D eigenvalue weighted by Crippen LogP contribution is 2.25. The molecular formula is C12H15F2NO3S. The highest BCUT2D eigenvalue weighted by molar-refractivity contribution is 7.89. The normalized spacial score (nSPS) is 25.5. The van der Waals surface area contributed by atoms with Gasteiger partial charge in [0.25, 0.3) is 0 Å². The van der Waals surface area contributed by atoms with Crippen molar-refractivity contribution in [1.82, 2.24) is 4.31 Å². The third-order valence-electron chi connectivity index (χ3n) is 3.33. The lowest BCUT2D eigenvalue weighted by Gasteiger charge is -2.33. The molecule has 1 saturated heterocycles. The van der Waals surface area contributed by atoms with Gasteiger partial charge in [-0.05, 0) is 24.5 Å². The number of sulfonamides is 1. The van der Waals surface area contributed by atoms with Gasteiger partial charge in [-0.3, -0.25) is 0 Å². The minimum atomic E-state index is -3.99. The van der Waals surface area contributed by atoms with Crippen LogP contribution in [0, 0.1) is 17.6 Å². The van der Waals surface area contributed by atoms with Crippen LogP contribution in [0.15, 0.2) is 23.1 Å². The van der Waals surface area contributed by atoms with Crippen molar-refractivity contribution in [1.29, 1.82) is 0 Å². The van der Waals surface area contributed by atoms with Crippen molar-refractivity contribution >= 4 is 10.0 Å². The number of hydrogen-bond donors (Lipinski definition) is 1. The van der Waals surface area contributed by atoms with E-state index in [4.69, 9.17) is 0 Å². The molecule has 1 aliphatic heterocycles. The molecule has 1 aliphatic rings. The maximum Gasteiger partial charge on any atom is 0.245 e. The van der Waals surface area contributed by atoms with E-state index in [1.165, 1.54) is 0 Å². The maximum absolute atomic E-state index is 13.6. The molecule has 0 spiro atoms. The Hall–Kier alpha value is -1.05. The highest BCUT2D eigenvalue weighted by atomic mass is 32.2. The molecule has 4 nitrogen and oxygen atoms in total. The fraction of sp³-hybridized carbons (Fsp3) is 0.500. The topological polar surface area (TPSA) is 57.6 Å². The predicted octanol–water partition coefficient (Wildman–Crippen LogP) is 1.36. The fourth-order valence-corrected chi connectivity index (χ4v) is 3.74. The van der Waals surface area contributed by atoms with Crippen LogP contribution in [0.2, 0.25) is 0 Å².